The first-order chi connectivity index (χ1) is 9.99. The summed E-state index contributed by atoms with van der Waals surface area (Å²) in [6.45, 7) is 0. The van der Waals surface area contributed by atoms with Gasteiger partial charge < -0.3 is 9.47 Å². The molecule has 0 unspecified atom stereocenters. The topological polar surface area (TPSA) is 48.4 Å². The van der Waals surface area contributed by atoms with Crippen LogP contribution in [0.5, 0.6) is 5.75 Å². The number of carbonyl (C=O) groups excluding carboxylic acids is 1. The Kier molecular flexibility index (Phi) is 5.65. The van der Waals surface area contributed by atoms with E-state index < -0.39 is 52.8 Å². The van der Waals surface area contributed by atoms with Gasteiger partial charge in [-0.05, 0) is 0 Å². The first-order valence-corrected chi connectivity index (χ1v) is 6.58. The number of esters is 1. The third-order valence-electron chi connectivity index (χ3n) is 2.44. The van der Waals surface area contributed by atoms with E-state index in [0.717, 1.165) is 7.11 Å². The number of aromatic nitrogens is 1. The largest absolute Gasteiger partial charge is 0.573 e. The second-order valence-electron chi connectivity index (χ2n) is 3.86. The molecule has 0 atom stereocenters. The van der Waals surface area contributed by atoms with Gasteiger partial charge in [0.25, 0.3) is 0 Å². The zero-order valence-electron chi connectivity index (χ0n) is 10.8. The summed E-state index contributed by atoms with van der Waals surface area (Å²) < 4.78 is 83.4. The van der Waals surface area contributed by atoms with E-state index >= 15 is 0 Å². The fourth-order valence-corrected chi connectivity index (χ4v) is 2.19. The number of carbonyl (C=O) groups is 1. The molecular formula is C11H8BrF6NO3. The molecule has 0 bridgehead atoms. The Morgan fingerprint density at radius 1 is 1.23 bits per heavy atom. The van der Waals surface area contributed by atoms with Crippen LogP contribution >= 0.6 is 15.9 Å². The third-order valence-corrected chi connectivity index (χ3v) is 3.00. The minimum atomic E-state index is -5.14. The van der Waals surface area contributed by atoms with Crippen LogP contribution in [-0.4, -0.2) is 24.4 Å². The van der Waals surface area contributed by atoms with E-state index in [2.05, 4.69) is 30.4 Å². The SMILES string of the molecule is COC(=O)Cc1c(OC(F)(F)F)cnc(C(F)(F)F)c1CBr. The van der Waals surface area contributed by atoms with Gasteiger partial charge in [-0.1, -0.05) is 15.9 Å². The monoisotopic (exact) mass is 395 g/mol. The minimum absolute atomic E-state index is 0.279. The van der Waals surface area contributed by atoms with Gasteiger partial charge in [-0.2, -0.15) is 13.2 Å². The number of hydrogen-bond donors (Lipinski definition) is 0. The zero-order valence-corrected chi connectivity index (χ0v) is 12.4. The van der Waals surface area contributed by atoms with Crippen LogP contribution in [0, 0.1) is 0 Å². The van der Waals surface area contributed by atoms with Crippen LogP contribution in [0.15, 0.2) is 6.20 Å². The molecular weight excluding hydrogens is 388 g/mol. The Bertz CT molecular complexity index is 558. The summed E-state index contributed by atoms with van der Waals surface area (Å²) in [6, 6.07) is 0. The maximum atomic E-state index is 12.8. The maximum Gasteiger partial charge on any atom is 0.573 e. The molecule has 0 radical (unpaired) electrons. The number of ether oxygens (including phenoxy) is 2. The van der Waals surface area contributed by atoms with Crippen molar-refractivity contribution < 1.29 is 40.6 Å². The van der Waals surface area contributed by atoms with Gasteiger partial charge in [0.15, 0.2) is 5.75 Å². The van der Waals surface area contributed by atoms with Crippen LogP contribution in [0.2, 0.25) is 0 Å². The van der Waals surface area contributed by atoms with E-state index in [1.165, 1.54) is 0 Å². The summed E-state index contributed by atoms with van der Waals surface area (Å²) in [5.74, 6) is -2.01. The molecule has 22 heavy (non-hydrogen) atoms. The van der Waals surface area contributed by atoms with Crippen molar-refractivity contribution in [3.05, 3.63) is 23.0 Å². The first-order valence-electron chi connectivity index (χ1n) is 5.46. The lowest BCUT2D eigenvalue weighted by Gasteiger charge is -2.18. The molecule has 0 aliphatic carbocycles. The lowest BCUT2D eigenvalue weighted by atomic mass is 10.0. The van der Waals surface area contributed by atoms with Crippen molar-refractivity contribution >= 4 is 21.9 Å². The van der Waals surface area contributed by atoms with Crippen molar-refractivity contribution in [2.75, 3.05) is 7.11 Å². The van der Waals surface area contributed by atoms with E-state index in [9.17, 15) is 31.1 Å². The number of halogens is 7. The summed E-state index contributed by atoms with van der Waals surface area (Å²) in [5, 5.41) is -0.476. The van der Waals surface area contributed by atoms with E-state index in [4.69, 9.17) is 0 Å². The molecule has 0 saturated carbocycles. The molecule has 0 aromatic carbocycles. The van der Waals surface area contributed by atoms with Crippen molar-refractivity contribution in [3.63, 3.8) is 0 Å². The highest BCUT2D eigenvalue weighted by Crippen LogP contribution is 2.37. The van der Waals surface area contributed by atoms with E-state index in [0.29, 0.717) is 0 Å². The highest BCUT2D eigenvalue weighted by Gasteiger charge is 2.39. The van der Waals surface area contributed by atoms with Gasteiger partial charge in [-0.25, -0.2) is 4.98 Å². The van der Waals surface area contributed by atoms with Crippen LogP contribution in [0.25, 0.3) is 0 Å². The number of pyridine rings is 1. The standard InChI is InChI=1S/C11H8BrF6NO3/c1-21-8(20)2-5-6(3-12)9(10(13,14)15)19-4-7(5)22-11(16,17)18/h4H,2-3H2,1H3. The quantitative estimate of drug-likeness (QED) is 0.444. The molecule has 1 aromatic heterocycles. The second-order valence-corrected chi connectivity index (χ2v) is 4.42. The smallest absolute Gasteiger partial charge is 0.469 e. The number of nitrogens with zero attached hydrogens (tertiary/aromatic N) is 1. The maximum absolute atomic E-state index is 12.8. The average Bonchev–Trinajstić information content (AvgIpc) is 2.37. The highest BCUT2D eigenvalue weighted by molar-refractivity contribution is 9.08. The molecule has 0 amide bonds. The minimum Gasteiger partial charge on any atom is -0.469 e. The van der Waals surface area contributed by atoms with Crippen LogP contribution < -0.4 is 4.74 Å². The van der Waals surface area contributed by atoms with Gasteiger partial charge in [-0.3, -0.25) is 4.79 Å². The van der Waals surface area contributed by atoms with Crippen LogP contribution in [0.4, 0.5) is 26.3 Å². The molecule has 1 aromatic rings. The molecule has 0 fully saturated rings. The third kappa shape index (κ3) is 4.75. The Morgan fingerprint density at radius 3 is 2.23 bits per heavy atom. The van der Waals surface area contributed by atoms with Gasteiger partial charge in [0.1, 0.15) is 5.69 Å². The van der Waals surface area contributed by atoms with Crippen molar-refractivity contribution in [2.45, 2.75) is 24.3 Å². The van der Waals surface area contributed by atoms with Gasteiger partial charge in [0, 0.05) is 16.5 Å². The van der Waals surface area contributed by atoms with Gasteiger partial charge in [0.2, 0.25) is 0 Å². The van der Waals surface area contributed by atoms with E-state index in [-0.39, 0.29) is 6.20 Å². The molecule has 0 saturated heterocycles. The summed E-state index contributed by atoms with van der Waals surface area (Å²) in [4.78, 5) is 14.2. The zero-order chi connectivity index (χ0) is 17.1. The Morgan fingerprint density at radius 2 is 1.82 bits per heavy atom. The van der Waals surface area contributed by atoms with Gasteiger partial charge in [-0.15, -0.1) is 13.2 Å². The normalized spacial score (nSPS) is 12.2. The lowest BCUT2D eigenvalue weighted by Crippen LogP contribution is -2.22. The summed E-state index contributed by atoms with van der Waals surface area (Å²) in [7, 11) is 0.951. The van der Waals surface area contributed by atoms with Crippen molar-refractivity contribution in [3.8, 4) is 5.75 Å². The molecule has 0 aliphatic rings. The predicted molar refractivity (Wildman–Crippen MR) is 64.3 cm³/mol. The van der Waals surface area contributed by atoms with Gasteiger partial charge >= 0.3 is 18.5 Å². The average molecular weight is 396 g/mol. The number of hydrogen-bond acceptors (Lipinski definition) is 4. The van der Waals surface area contributed by atoms with E-state index in [1.54, 1.807) is 0 Å². The van der Waals surface area contributed by atoms with Gasteiger partial charge in [0.05, 0.1) is 19.7 Å². The molecule has 0 aliphatic heterocycles. The Balaban J connectivity index is 3.49. The van der Waals surface area contributed by atoms with Crippen LogP contribution in [-0.2, 0) is 27.5 Å². The molecule has 1 rings (SSSR count). The molecule has 124 valence electrons. The predicted octanol–water partition coefficient (Wildman–Crippen LogP) is 3.61. The van der Waals surface area contributed by atoms with Crippen LogP contribution in [0.3, 0.4) is 0 Å². The molecule has 0 spiro atoms. The summed E-state index contributed by atoms with van der Waals surface area (Å²) in [6.07, 6.45) is -10.6. The number of rotatable bonds is 4. The lowest BCUT2D eigenvalue weighted by molar-refractivity contribution is -0.275. The fourth-order valence-electron chi connectivity index (χ4n) is 1.58. The molecule has 0 N–H and O–H groups in total. The highest BCUT2D eigenvalue weighted by atomic mass is 79.9. The second kappa shape index (κ2) is 6.71. The summed E-state index contributed by atoms with van der Waals surface area (Å²) >= 11 is 2.75. The fraction of sp³-hybridized carbons (Fsp3) is 0.455. The van der Waals surface area contributed by atoms with Crippen LogP contribution in [0.1, 0.15) is 16.8 Å². The molecule has 1 heterocycles. The number of alkyl halides is 7. The molecule has 11 heteroatoms. The van der Waals surface area contributed by atoms with Crippen molar-refractivity contribution in [1.82, 2.24) is 4.98 Å². The Hall–Kier alpha value is -1.52. The van der Waals surface area contributed by atoms with E-state index in [1.807, 2.05) is 0 Å². The van der Waals surface area contributed by atoms with Crippen molar-refractivity contribution in [2.24, 2.45) is 0 Å². The van der Waals surface area contributed by atoms with Crippen molar-refractivity contribution in [1.29, 1.82) is 0 Å². The number of methoxy groups -OCH3 is 1. The first kappa shape index (κ1) is 18.5. The molecule has 4 nitrogen and oxygen atoms in total. The summed E-state index contributed by atoms with van der Waals surface area (Å²) in [5.41, 5.74) is -2.62. The Labute approximate surface area is 128 Å².